The summed E-state index contributed by atoms with van der Waals surface area (Å²) < 4.78 is 7.20. The van der Waals surface area contributed by atoms with Gasteiger partial charge in [0.1, 0.15) is 18.0 Å². The normalized spacial score (nSPS) is 11.5. The summed E-state index contributed by atoms with van der Waals surface area (Å²) in [5.41, 5.74) is 1.56. The van der Waals surface area contributed by atoms with Crippen molar-refractivity contribution in [2.24, 2.45) is 0 Å². The first kappa shape index (κ1) is 18.6. The lowest BCUT2D eigenvalue weighted by Crippen LogP contribution is -2.27. The molecule has 7 nitrogen and oxygen atoms in total. The predicted octanol–water partition coefficient (Wildman–Crippen LogP) is 3.88. The number of hydrogen-bond donors (Lipinski definition) is 0. The van der Waals surface area contributed by atoms with Gasteiger partial charge in [-0.1, -0.05) is 30.3 Å². The van der Waals surface area contributed by atoms with Crippen molar-refractivity contribution in [2.45, 2.75) is 39.3 Å². The van der Waals surface area contributed by atoms with E-state index in [1.165, 1.54) is 12.1 Å². The number of nitrogens with zero attached hydrogens (tertiary/aromatic N) is 3. The first-order chi connectivity index (χ1) is 12.7. The standard InChI is InChI=1S/C20H21N3O4/c1-20(2,3)27-19(24)13-22-17-10-9-15(23(25)26)12-16(17)21-18(22)11-14-7-5-4-6-8-14/h4-10,12H,11,13H2,1-3H3. The van der Waals surface area contributed by atoms with Crippen molar-refractivity contribution in [1.82, 2.24) is 9.55 Å². The molecule has 27 heavy (non-hydrogen) atoms. The lowest BCUT2D eigenvalue weighted by atomic mass is 10.1. The third-order valence-electron chi connectivity index (χ3n) is 3.93. The van der Waals surface area contributed by atoms with Crippen molar-refractivity contribution in [3.05, 3.63) is 70.0 Å². The highest BCUT2D eigenvalue weighted by Crippen LogP contribution is 2.24. The van der Waals surface area contributed by atoms with E-state index in [4.69, 9.17) is 4.74 Å². The van der Waals surface area contributed by atoms with E-state index >= 15 is 0 Å². The first-order valence-corrected chi connectivity index (χ1v) is 8.62. The van der Waals surface area contributed by atoms with Gasteiger partial charge in [0.05, 0.1) is 16.0 Å². The van der Waals surface area contributed by atoms with Gasteiger partial charge in [-0.2, -0.15) is 0 Å². The number of benzene rings is 2. The van der Waals surface area contributed by atoms with Crippen LogP contribution >= 0.6 is 0 Å². The Morgan fingerprint density at radius 2 is 1.89 bits per heavy atom. The van der Waals surface area contributed by atoms with Gasteiger partial charge in [-0.3, -0.25) is 14.9 Å². The second kappa shape index (κ2) is 7.19. The fourth-order valence-electron chi connectivity index (χ4n) is 2.87. The Morgan fingerprint density at radius 1 is 1.19 bits per heavy atom. The zero-order chi connectivity index (χ0) is 19.6. The molecule has 1 aromatic heterocycles. The van der Waals surface area contributed by atoms with Crippen LogP contribution in [0.3, 0.4) is 0 Å². The van der Waals surface area contributed by atoms with Crippen LogP contribution in [-0.2, 0) is 22.5 Å². The van der Waals surface area contributed by atoms with Gasteiger partial charge in [-0.05, 0) is 32.4 Å². The van der Waals surface area contributed by atoms with Crippen molar-refractivity contribution in [1.29, 1.82) is 0 Å². The van der Waals surface area contributed by atoms with Crippen molar-refractivity contribution < 1.29 is 14.5 Å². The predicted molar refractivity (Wildman–Crippen MR) is 101 cm³/mol. The topological polar surface area (TPSA) is 87.3 Å². The number of ether oxygens (including phenoxy) is 1. The van der Waals surface area contributed by atoms with E-state index < -0.39 is 10.5 Å². The number of fused-ring (bicyclic) bond motifs is 1. The number of imidazole rings is 1. The average Bonchev–Trinajstić information content (AvgIpc) is 2.90. The number of hydrogen-bond acceptors (Lipinski definition) is 5. The van der Waals surface area contributed by atoms with Gasteiger partial charge in [0.2, 0.25) is 0 Å². The number of nitro groups is 1. The van der Waals surface area contributed by atoms with Gasteiger partial charge in [0, 0.05) is 18.6 Å². The maximum Gasteiger partial charge on any atom is 0.326 e. The van der Waals surface area contributed by atoms with Crippen LogP contribution in [0.15, 0.2) is 48.5 Å². The molecule has 7 heteroatoms. The largest absolute Gasteiger partial charge is 0.459 e. The molecule has 140 valence electrons. The molecule has 1 heterocycles. The smallest absolute Gasteiger partial charge is 0.326 e. The molecular weight excluding hydrogens is 346 g/mol. The Bertz CT molecular complexity index is 988. The molecule has 0 saturated heterocycles. The van der Waals surface area contributed by atoms with Crippen molar-refractivity contribution in [3.8, 4) is 0 Å². The summed E-state index contributed by atoms with van der Waals surface area (Å²) in [4.78, 5) is 27.5. The Kier molecular flexibility index (Phi) is 4.94. The summed E-state index contributed by atoms with van der Waals surface area (Å²) in [6, 6.07) is 14.2. The zero-order valence-corrected chi connectivity index (χ0v) is 15.5. The summed E-state index contributed by atoms with van der Waals surface area (Å²) in [6.45, 7) is 5.43. The number of aromatic nitrogens is 2. The van der Waals surface area contributed by atoms with Crippen molar-refractivity contribution in [2.75, 3.05) is 0 Å². The summed E-state index contributed by atoms with van der Waals surface area (Å²) >= 11 is 0. The Hall–Kier alpha value is -3.22. The molecule has 0 saturated carbocycles. The molecule has 2 aromatic carbocycles. The number of esters is 1. The SMILES string of the molecule is CC(C)(C)OC(=O)Cn1c(Cc2ccccc2)nc2cc([N+](=O)[O-])ccc21. The number of rotatable bonds is 5. The van der Waals surface area contributed by atoms with Crippen LogP contribution in [-0.4, -0.2) is 26.0 Å². The molecule has 0 radical (unpaired) electrons. The second-order valence-electron chi connectivity index (χ2n) is 7.29. The molecule has 0 atom stereocenters. The van der Waals surface area contributed by atoms with Crippen LogP contribution in [0.25, 0.3) is 11.0 Å². The molecule has 0 N–H and O–H groups in total. The fraction of sp³-hybridized carbons (Fsp3) is 0.300. The number of nitro benzene ring substituents is 1. The summed E-state index contributed by atoms with van der Waals surface area (Å²) in [7, 11) is 0. The minimum Gasteiger partial charge on any atom is -0.459 e. The fourth-order valence-corrected chi connectivity index (χ4v) is 2.87. The van der Waals surface area contributed by atoms with Crippen LogP contribution in [0.4, 0.5) is 5.69 Å². The van der Waals surface area contributed by atoms with E-state index in [-0.39, 0.29) is 18.2 Å². The average molecular weight is 367 g/mol. The van der Waals surface area contributed by atoms with Gasteiger partial charge in [0.25, 0.3) is 5.69 Å². The van der Waals surface area contributed by atoms with Crippen molar-refractivity contribution >= 4 is 22.7 Å². The molecule has 3 rings (SSSR count). The van der Waals surface area contributed by atoms with Gasteiger partial charge in [-0.25, -0.2) is 4.98 Å². The quantitative estimate of drug-likeness (QED) is 0.388. The molecule has 0 unspecified atom stereocenters. The van der Waals surface area contributed by atoms with E-state index in [0.29, 0.717) is 23.3 Å². The highest BCUT2D eigenvalue weighted by Gasteiger charge is 2.21. The zero-order valence-electron chi connectivity index (χ0n) is 15.5. The second-order valence-corrected chi connectivity index (χ2v) is 7.29. The molecule has 0 bridgehead atoms. The minimum atomic E-state index is -0.591. The monoisotopic (exact) mass is 367 g/mol. The Morgan fingerprint density at radius 3 is 2.52 bits per heavy atom. The molecular formula is C20H21N3O4. The summed E-state index contributed by atoms with van der Waals surface area (Å²) in [6.07, 6.45) is 0.506. The molecule has 0 amide bonds. The third kappa shape index (κ3) is 4.49. The van der Waals surface area contributed by atoms with E-state index in [2.05, 4.69) is 4.98 Å². The van der Waals surface area contributed by atoms with Crippen molar-refractivity contribution in [3.63, 3.8) is 0 Å². The Labute approximate surface area is 156 Å². The summed E-state index contributed by atoms with van der Waals surface area (Å²) in [5.74, 6) is 0.275. The van der Waals surface area contributed by atoms with Crippen LogP contribution in [0.2, 0.25) is 0 Å². The molecule has 0 fully saturated rings. The van der Waals surface area contributed by atoms with E-state index in [1.807, 2.05) is 51.1 Å². The molecule has 0 aliphatic heterocycles. The van der Waals surface area contributed by atoms with Gasteiger partial charge in [0.15, 0.2) is 0 Å². The number of non-ortho nitro benzene ring substituents is 1. The number of carbonyl (C=O) groups is 1. The van der Waals surface area contributed by atoms with Crippen LogP contribution < -0.4 is 0 Å². The molecule has 0 spiro atoms. The first-order valence-electron chi connectivity index (χ1n) is 8.62. The molecule has 3 aromatic rings. The van der Waals surface area contributed by atoms with E-state index in [1.54, 1.807) is 10.6 Å². The maximum atomic E-state index is 12.4. The third-order valence-corrected chi connectivity index (χ3v) is 3.93. The lowest BCUT2D eigenvalue weighted by molar-refractivity contribution is -0.384. The van der Waals surface area contributed by atoms with Crippen LogP contribution in [0.1, 0.15) is 32.2 Å². The lowest BCUT2D eigenvalue weighted by Gasteiger charge is -2.20. The molecule has 0 aliphatic rings. The highest BCUT2D eigenvalue weighted by molar-refractivity contribution is 5.81. The van der Waals surface area contributed by atoms with Gasteiger partial charge < -0.3 is 9.30 Å². The van der Waals surface area contributed by atoms with Gasteiger partial charge in [-0.15, -0.1) is 0 Å². The molecule has 0 aliphatic carbocycles. The number of carbonyl (C=O) groups excluding carboxylic acids is 1. The van der Waals surface area contributed by atoms with Gasteiger partial charge >= 0.3 is 5.97 Å². The maximum absolute atomic E-state index is 12.4. The van der Waals surface area contributed by atoms with E-state index in [0.717, 1.165) is 5.56 Å². The van der Waals surface area contributed by atoms with Crippen LogP contribution in [0, 0.1) is 10.1 Å². The minimum absolute atomic E-state index is 0.00620. The summed E-state index contributed by atoms with van der Waals surface area (Å²) in [5, 5.41) is 11.1. The highest BCUT2D eigenvalue weighted by atomic mass is 16.6. The Balaban J connectivity index is 2.02. The van der Waals surface area contributed by atoms with Crippen LogP contribution in [0.5, 0.6) is 0 Å². The van der Waals surface area contributed by atoms with E-state index in [9.17, 15) is 14.9 Å².